The van der Waals surface area contributed by atoms with Crippen LogP contribution in [0.25, 0.3) is 0 Å². The Morgan fingerprint density at radius 1 is 0.706 bits per heavy atom. The van der Waals surface area contributed by atoms with E-state index in [2.05, 4.69) is 17.6 Å². The van der Waals surface area contributed by atoms with Crippen LogP contribution in [0, 0.1) is 0 Å². The fraction of sp³-hybridized carbons (Fsp3) is 1.00. The number of ether oxygens (including phenoxy) is 1. The summed E-state index contributed by atoms with van der Waals surface area (Å²) in [5.41, 5.74) is 0. The van der Waals surface area contributed by atoms with E-state index in [9.17, 15) is 0 Å². The second-order valence-electron chi connectivity index (χ2n) is 4.61. The zero-order valence-corrected chi connectivity index (χ0v) is 11.9. The molecule has 0 radical (unpaired) electrons. The average Bonchev–Trinajstić information content (AvgIpc) is 2.35. The van der Waals surface area contributed by atoms with E-state index in [1.807, 2.05) is 0 Å². The normalized spacial score (nSPS) is 10.9. The third-order valence-corrected chi connectivity index (χ3v) is 2.90. The monoisotopic (exact) mass is 244 g/mol. The standard InChI is InChI=1S/C14H32N2O/c1-3-4-5-6-7-8-10-15-11-9-12-16-13-14-17-2/h15-16H,3-14H2,1-2H3. The van der Waals surface area contributed by atoms with Gasteiger partial charge in [0.25, 0.3) is 0 Å². The van der Waals surface area contributed by atoms with E-state index in [-0.39, 0.29) is 0 Å². The van der Waals surface area contributed by atoms with Gasteiger partial charge in [-0.2, -0.15) is 0 Å². The summed E-state index contributed by atoms with van der Waals surface area (Å²) in [6, 6.07) is 0. The molecule has 104 valence electrons. The second-order valence-corrected chi connectivity index (χ2v) is 4.61. The first kappa shape index (κ1) is 16.9. The van der Waals surface area contributed by atoms with Crippen LogP contribution in [0.1, 0.15) is 51.9 Å². The first-order valence-corrected chi connectivity index (χ1v) is 7.32. The van der Waals surface area contributed by atoms with Crippen molar-refractivity contribution in [2.24, 2.45) is 0 Å². The molecule has 0 aliphatic heterocycles. The highest BCUT2D eigenvalue weighted by atomic mass is 16.5. The van der Waals surface area contributed by atoms with E-state index in [0.29, 0.717) is 0 Å². The maximum Gasteiger partial charge on any atom is 0.0587 e. The predicted octanol–water partition coefficient (Wildman–Crippen LogP) is 2.56. The summed E-state index contributed by atoms with van der Waals surface area (Å²) in [7, 11) is 1.74. The molecule has 0 aromatic heterocycles. The first-order valence-electron chi connectivity index (χ1n) is 7.32. The molecule has 0 aromatic carbocycles. The van der Waals surface area contributed by atoms with Crippen molar-refractivity contribution in [2.45, 2.75) is 51.9 Å². The van der Waals surface area contributed by atoms with E-state index in [0.717, 1.165) is 26.2 Å². The Morgan fingerprint density at radius 3 is 2.00 bits per heavy atom. The number of nitrogens with one attached hydrogen (secondary N) is 2. The summed E-state index contributed by atoms with van der Waals surface area (Å²) in [6.07, 6.45) is 9.50. The van der Waals surface area contributed by atoms with Crippen LogP contribution in [0.3, 0.4) is 0 Å². The number of hydrogen-bond donors (Lipinski definition) is 2. The maximum atomic E-state index is 4.96. The Kier molecular flexibility index (Phi) is 15.8. The van der Waals surface area contributed by atoms with Crippen molar-refractivity contribution in [3.63, 3.8) is 0 Å². The van der Waals surface area contributed by atoms with Gasteiger partial charge in [-0.25, -0.2) is 0 Å². The van der Waals surface area contributed by atoms with Crippen molar-refractivity contribution in [2.75, 3.05) is 39.9 Å². The van der Waals surface area contributed by atoms with Gasteiger partial charge in [0.2, 0.25) is 0 Å². The van der Waals surface area contributed by atoms with Gasteiger partial charge in [0, 0.05) is 13.7 Å². The lowest BCUT2D eigenvalue weighted by atomic mass is 10.1. The third-order valence-electron chi connectivity index (χ3n) is 2.90. The lowest BCUT2D eigenvalue weighted by molar-refractivity contribution is 0.199. The summed E-state index contributed by atoms with van der Waals surface area (Å²) in [6.45, 7) is 7.45. The molecule has 0 saturated carbocycles. The molecule has 3 nitrogen and oxygen atoms in total. The number of hydrogen-bond acceptors (Lipinski definition) is 3. The lowest BCUT2D eigenvalue weighted by Crippen LogP contribution is -2.24. The Bertz CT molecular complexity index is 117. The van der Waals surface area contributed by atoms with E-state index < -0.39 is 0 Å². The minimum absolute atomic E-state index is 0.811. The summed E-state index contributed by atoms with van der Waals surface area (Å²) in [4.78, 5) is 0. The van der Waals surface area contributed by atoms with Crippen LogP contribution in [0.15, 0.2) is 0 Å². The van der Waals surface area contributed by atoms with Crippen molar-refractivity contribution < 1.29 is 4.74 Å². The van der Waals surface area contributed by atoms with Crippen molar-refractivity contribution in [1.29, 1.82) is 0 Å². The van der Waals surface area contributed by atoms with Crippen LogP contribution >= 0.6 is 0 Å². The zero-order chi connectivity index (χ0) is 12.6. The zero-order valence-electron chi connectivity index (χ0n) is 11.9. The Balaban J connectivity index is 2.85. The number of methoxy groups -OCH3 is 1. The molecule has 0 spiro atoms. The van der Waals surface area contributed by atoms with Crippen molar-refractivity contribution in [3.8, 4) is 0 Å². The van der Waals surface area contributed by atoms with Gasteiger partial charge >= 0.3 is 0 Å². The van der Waals surface area contributed by atoms with Crippen molar-refractivity contribution in [1.82, 2.24) is 10.6 Å². The van der Waals surface area contributed by atoms with Gasteiger partial charge in [-0.15, -0.1) is 0 Å². The Hall–Kier alpha value is -0.120. The van der Waals surface area contributed by atoms with Gasteiger partial charge < -0.3 is 15.4 Å². The molecule has 0 aliphatic rings. The summed E-state index contributed by atoms with van der Waals surface area (Å²) in [5, 5.41) is 6.84. The van der Waals surface area contributed by atoms with Gasteiger partial charge in [-0.05, 0) is 32.5 Å². The SMILES string of the molecule is CCCCCCCCNCCCNCCOC. The van der Waals surface area contributed by atoms with Crippen LogP contribution in [0.4, 0.5) is 0 Å². The smallest absolute Gasteiger partial charge is 0.0587 e. The van der Waals surface area contributed by atoms with Crippen LogP contribution < -0.4 is 10.6 Å². The summed E-state index contributed by atoms with van der Waals surface area (Å²) in [5.74, 6) is 0. The van der Waals surface area contributed by atoms with Gasteiger partial charge in [-0.3, -0.25) is 0 Å². The molecule has 0 atom stereocenters. The number of rotatable bonds is 14. The molecule has 0 rings (SSSR count). The van der Waals surface area contributed by atoms with Gasteiger partial charge in [-0.1, -0.05) is 39.0 Å². The summed E-state index contributed by atoms with van der Waals surface area (Å²) < 4.78 is 4.96. The quantitative estimate of drug-likeness (QED) is 0.461. The molecule has 0 aliphatic carbocycles. The Morgan fingerprint density at radius 2 is 1.29 bits per heavy atom. The van der Waals surface area contributed by atoms with Gasteiger partial charge in [0.15, 0.2) is 0 Å². The first-order chi connectivity index (χ1) is 8.41. The molecule has 3 heteroatoms. The van der Waals surface area contributed by atoms with E-state index in [1.165, 1.54) is 51.5 Å². The van der Waals surface area contributed by atoms with Crippen LogP contribution in [-0.2, 0) is 4.74 Å². The predicted molar refractivity (Wildman–Crippen MR) is 75.6 cm³/mol. The van der Waals surface area contributed by atoms with E-state index >= 15 is 0 Å². The second kappa shape index (κ2) is 15.9. The van der Waals surface area contributed by atoms with Gasteiger partial charge in [0.05, 0.1) is 6.61 Å². The Labute approximate surface area is 108 Å². The fourth-order valence-corrected chi connectivity index (χ4v) is 1.79. The molecule has 0 amide bonds. The molecule has 17 heavy (non-hydrogen) atoms. The lowest BCUT2D eigenvalue weighted by Gasteiger charge is -2.06. The molecule has 0 unspecified atom stereocenters. The highest BCUT2D eigenvalue weighted by Gasteiger charge is 1.91. The fourth-order valence-electron chi connectivity index (χ4n) is 1.79. The molecule has 2 N–H and O–H groups in total. The maximum absolute atomic E-state index is 4.96. The van der Waals surface area contributed by atoms with Crippen molar-refractivity contribution in [3.05, 3.63) is 0 Å². The highest BCUT2D eigenvalue weighted by Crippen LogP contribution is 2.03. The molecule has 0 aromatic rings. The molecule has 0 saturated heterocycles. The molecule has 0 bridgehead atoms. The third kappa shape index (κ3) is 15.9. The topological polar surface area (TPSA) is 33.3 Å². The number of unbranched alkanes of at least 4 members (excludes halogenated alkanes) is 5. The van der Waals surface area contributed by atoms with Crippen molar-refractivity contribution >= 4 is 0 Å². The highest BCUT2D eigenvalue weighted by molar-refractivity contribution is 4.52. The van der Waals surface area contributed by atoms with Gasteiger partial charge in [0.1, 0.15) is 0 Å². The van der Waals surface area contributed by atoms with E-state index in [1.54, 1.807) is 7.11 Å². The van der Waals surface area contributed by atoms with Crippen LogP contribution in [0.2, 0.25) is 0 Å². The molecule has 0 heterocycles. The minimum atomic E-state index is 0.811. The summed E-state index contributed by atoms with van der Waals surface area (Å²) >= 11 is 0. The molecular weight excluding hydrogens is 212 g/mol. The van der Waals surface area contributed by atoms with E-state index in [4.69, 9.17) is 4.74 Å². The minimum Gasteiger partial charge on any atom is -0.383 e. The average molecular weight is 244 g/mol. The molecule has 0 fully saturated rings. The van der Waals surface area contributed by atoms with Crippen LogP contribution in [0.5, 0.6) is 0 Å². The molecular formula is C14H32N2O. The van der Waals surface area contributed by atoms with Crippen LogP contribution in [-0.4, -0.2) is 39.9 Å². The largest absolute Gasteiger partial charge is 0.383 e.